The highest BCUT2D eigenvalue weighted by atomic mass is 79.9. The van der Waals surface area contributed by atoms with Crippen LogP contribution >= 0.6 is 27.7 Å². The zero-order chi connectivity index (χ0) is 25.4. The lowest BCUT2D eigenvalue weighted by Crippen LogP contribution is -2.49. The Kier molecular flexibility index (Phi) is 7.46. The van der Waals surface area contributed by atoms with Crippen LogP contribution in [0.3, 0.4) is 0 Å². The standard InChI is InChI=1S/C25H28BrN3O5S2/c1-34-15-5-13-28-19-10-9-18(16-6-4-7-17(23(16)19)25(28)31)27-24(30)20-8-2-3-14-29(20)36(32,33)22-12-11-21(26)35-22/h4,6-7,9-10,12,20-21H,2-3,5,8,11,13-15H2,1H3,(H,27,30). The summed E-state index contributed by atoms with van der Waals surface area (Å²) in [6.45, 7) is 1.42. The van der Waals surface area contributed by atoms with Gasteiger partial charge in [0.15, 0.2) is 0 Å². The van der Waals surface area contributed by atoms with Gasteiger partial charge in [-0.3, -0.25) is 9.59 Å². The fourth-order valence-corrected chi connectivity index (χ4v) is 9.47. The van der Waals surface area contributed by atoms with Crippen molar-refractivity contribution in [1.29, 1.82) is 0 Å². The number of alkyl halides is 1. The molecule has 0 aromatic heterocycles. The van der Waals surface area contributed by atoms with Gasteiger partial charge in [-0.15, -0.1) is 0 Å². The highest BCUT2D eigenvalue weighted by molar-refractivity contribution is 9.11. The molecule has 0 bridgehead atoms. The molecule has 3 heterocycles. The lowest BCUT2D eigenvalue weighted by atomic mass is 10.0. The number of benzene rings is 2. The summed E-state index contributed by atoms with van der Waals surface area (Å²) in [7, 11) is -2.11. The summed E-state index contributed by atoms with van der Waals surface area (Å²) < 4.78 is 33.6. The second-order valence-electron chi connectivity index (χ2n) is 9.07. The molecule has 11 heteroatoms. The quantitative estimate of drug-likeness (QED) is 0.353. The van der Waals surface area contributed by atoms with E-state index in [1.54, 1.807) is 30.2 Å². The molecule has 3 aliphatic rings. The molecular weight excluding hydrogens is 566 g/mol. The average Bonchev–Trinajstić information content (AvgIpc) is 3.44. The normalized spacial score (nSPS) is 22.3. The van der Waals surface area contributed by atoms with Crippen molar-refractivity contribution < 1.29 is 22.7 Å². The van der Waals surface area contributed by atoms with Crippen molar-refractivity contribution in [3.05, 3.63) is 46.2 Å². The van der Waals surface area contributed by atoms with Crippen LogP contribution in [0.4, 0.5) is 11.4 Å². The average molecular weight is 595 g/mol. The third-order valence-corrected chi connectivity index (χ3v) is 11.2. The Morgan fingerprint density at radius 1 is 1.25 bits per heavy atom. The Morgan fingerprint density at radius 2 is 2.08 bits per heavy atom. The lowest BCUT2D eigenvalue weighted by Gasteiger charge is -2.34. The predicted octanol–water partition coefficient (Wildman–Crippen LogP) is 4.66. The van der Waals surface area contributed by atoms with Crippen LogP contribution in [-0.4, -0.2) is 61.5 Å². The number of ether oxygens (including phenoxy) is 1. The van der Waals surface area contributed by atoms with Crippen LogP contribution in [-0.2, 0) is 19.6 Å². The van der Waals surface area contributed by atoms with E-state index in [0.29, 0.717) is 54.4 Å². The van der Waals surface area contributed by atoms with E-state index in [9.17, 15) is 18.0 Å². The van der Waals surface area contributed by atoms with Crippen LogP contribution in [0, 0.1) is 0 Å². The van der Waals surface area contributed by atoms with E-state index in [-0.39, 0.29) is 16.0 Å². The minimum absolute atomic E-state index is 0.0321. The molecular formula is C25H28BrN3O5S2. The number of sulfonamides is 1. The van der Waals surface area contributed by atoms with E-state index in [1.807, 2.05) is 18.2 Å². The molecule has 2 atom stereocenters. The topological polar surface area (TPSA) is 96.0 Å². The van der Waals surface area contributed by atoms with Crippen molar-refractivity contribution in [3.8, 4) is 0 Å². The fraction of sp³-hybridized carbons (Fsp3) is 0.440. The summed E-state index contributed by atoms with van der Waals surface area (Å²) in [6.07, 6.45) is 5.04. The van der Waals surface area contributed by atoms with Crippen molar-refractivity contribution in [2.24, 2.45) is 0 Å². The molecule has 2 unspecified atom stereocenters. The molecule has 1 saturated heterocycles. The lowest BCUT2D eigenvalue weighted by molar-refractivity contribution is -0.120. The van der Waals surface area contributed by atoms with Gasteiger partial charge in [-0.2, -0.15) is 4.31 Å². The van der Waals surface area contributed by atoms with Gasteiger partial charge >= 0.3 is 0 Å². The Bertz CT molecular complexity index is 1350. The molecule has 0 spiro atoms. The molecule has 1 fully saturated rings. The number of carbonyl (C=O) groups excluding carboxylic acids is 2. The number of piperidine rings is 1. The molecule has 0 saturated carbocycles. The first-order valence-corrected chi connectivity index (χ1v) is 15.3. The minimum Gasteiger partial charge on any atom is -0.385 e. The number of carbonyl (C=O) groups is 2. The van der Waals surface area contributed by atoms with Gasteiger partial charge in [0.1, 0.15) is 10.3 Å². The fourth-order valence-electron chi connectivity index (χ4n) is 5.11. The SMILES string of the molecule is COCCCN1C(=O)c2cccc3c(NC(=O)C4CCCCN4S(=O)(=O)C4=CCC(Br)S4)ccc1c23. The molecule has 192 valence electrons. The van der Waals surface area contributed by atoms with Gasteiger partial charge in [-0.1, -0.05) is 52.3 Å². The smallest absolute Gasteiger partial charge is 0.258 e. The maximum Gasteiger partial charge on any atom is 0.258 e. The van der Waals surface area contributed by atoms with Gasteiger partial charge in [-0.25, -0.2) is 8.42 Å². The van der Waals surface area contributed by atoms with E-state index in [4.69, 9.17) is 4.74 Å². The summed E-state index contributed by atoms with van der Waals surface area (Å²) in [5.74, 6) is -0.411. The number of nitrogens with one attached hydrogen (secondary N) is 1. The van der Waals surface area contributed by atoms with E-state index >= 15 is 0 Å². The maximum absolute atomic E-state index is 13.5. The summed E-state index contributed by atoms with van der Waals surface area (Å²) in [4.78, 5) is 28.3. The Hall–Kier alpha value is -1.92. The number of hydrogen-bond acceptors (Lipinski definition) is 6. The van der Waals surface area contributed by atoms with Gasteiger partial charge in [-0.05, 0) is 43.9 Å². The van der Waals surface area contributed by atoms with Crippen LogP contribution in [0.15, 0.2) is 40.6 Å². The van der Waals surface area contributed by atoms with E-state index in [1.165, 1.54) is 16.1 Å². The maximum atomic E-state index is 13.5. The van der Waals surface area contributed by atoms with E-state index in [2.05, 4.69) is 21.2 Å². The number of allylic oxidation sites excluding steroid dienone is 1. The monoisotopic (exact) mass is 593 g/mol. The zero-order valence-corrected chi connectivity index (χ0v) is 23.1. The van der Waals surface area contributed by atoms with Crippen LogP contribution in [0.5, 0.6) is 0 Å². The third kappa shape index (κ3) is 4.60. The number of halogens is 1. The number of methoxy groups -OCH3 is 1. The van der Waals surface area contributed by atoms with Crippen LogP contribution < -0.4 is 10.2 Å². The van der Waals surface area contributed by atoms with Crippen molar-refractivity contribution >= 4 is 71.7 Å². The molecule has 8 nitrogen and oxygen atoms in total. The molecule has 2 aromatic carbocycles. The van der Waals surface area contributed by atoms with Crippen molar-refractivity contribution in [2.45, 2.75) is 42.3 Å². The van der Waals surface area contributed by atoms with E-state index in [0.717, 1.165) is 29.3 Å². The predicted molar refractivity (Wildman–Crippen MR) is 147 cm³/mol. The first-order chi connectivity index (χ1) is 17.3. The number of nitrogens with zero attached hydrogens (tertiary/aromatic N) is 2. The molecule has 2 amide bonds. The summed E-state index contributed by atoms with van der Waals surface area (Å²) >= 11 is 4.74. The summed E-state index contributed by atoms with van der Waals surface area (Å²) in [5, 5.41) is 4.56. The first-order valence-electron chi connectivity index (χ1n) is 12.0. The van der Waals surface area contributed by atoms with Crippen LogP contribution in [0.1, 0.15) is 42.5 Å². The van der Waals surface area contributed by atoms with Gasteiger partial charge in [0.05, 0.1) is 9.85 Å². The first kappa shape index (κ1) is 25.7. The number of anilines is 2. The second kappa shape index (κ2) is 10.4. The van der Waals surface area contributed by atoms with Crippen molar-refractivity contribution in [3.63, 3.8) is 0 Å². The Labute approximate surface area is 223 Å². The summed E-state index contributed by atoms with van der Waals surface area (Å²) in [6, 6.07) is 8.37. The van der Waals surface area contributed by atoms with Gasteiger partial charge < -0.3 is 15.0 Å². The number of thioether (sulfide) groups is 1. The van der Waals surface area contributed by atoms with Crippen LogP contribution in [0.2, 0.25) is 0 Å². The third-order valence-electron chi connectivity index (χ3n) is 6.81. The molecule has 0 aliphatic carbocycles. The van der Waals surface area contributed by atoms with E-state index < -0.39 is 16.1 Å². The summed E-state index contributed by atoms with van der Waals surface area (Å²) in [5.41, 5.74) is 1.99. The Balaban J connectivity index is 1.42. The van der Waals surface area contributed by atoms with Gasteiger partial charge in [0.25, 0.3) is 5.91 Å². The largest absolute Gasteiger partial charge is 0.385 e. The van der Waals surface area contributed by atoms with Crippen molar-refractivity contribution in [2.75, 3.05) is 37.0 Å². The highest BCUT2D eigenvalue weighted by Gasteiger charge is 2.40. The molecule has 0 radical (unpaired) electrons. The number of amides is 2. The van der Waals surface area contributed by atoms with Gasteiger partial charge in [0.2, 0.25) is 15.9 Å². The second-order valence-corrected chi connectivity index (χ2v) is 14.1. The molecule has 2 aromatic rings. The Morgan fingerprint density at radius 3 is 2.83 bits per heavy atom. The highest BCUT2D eigenvalue weighted by Crippen LogP contribution is 2.43. The van der Waals surface area contributed by atoms with Gasteiger partial charge in [0, 0.05) is 48.8 Å². The minimum atomic E-state index is -3.75. The van der Waals surface area contributed by atoms with Crippen molar-refractivity contribution in [1.82, 2.24) is 4.31 Å². The molecule has 1 N–H and O–H groups in total. The zero-order valence-electron chi connectivity index (χ0n) is 19.9. The molecule has 36 heavy (non-hydrogen) atoms. The molecule has 3 aliphatic heterocycles. The number of rotatable bonds is 8. The number of hydrogen-bond donors (Lipinski definition) is 1. The van der Waals surface area contributed by atoms with Crippen LogP contribution in [0.25, 0.3) is 10.8 Å². The molecule has 5 rings (SSSR count).